The molecule has 0 aliphatic carbocycles. The number of ether oxygens (including phenoxy) is 1. The van der Waals surface area contributed by atoms with Crippen molar-refractivity contribution in [3.8, 4) is 0 Å². The lowest BCUT2D eigenvalue weighted by Gasteiger charge is -2.36. The number of carbonyl (C=O) groups excluding carboxylic acids is 1. The number of hydrogen-bond acceptors (Lipinski definition) is 6. The van der Waals surface area contributed by atoms with E-state index in [9.17, 15) is 4.79 Å². The van der Waals surface area contributed by atoms with Crippen LogP contribution in [0, 0.1) is 5.92 Å². The minimum absolute atomic E-state index is 0.138. The molecule has 7 heteroatoms. The quantitative estimate of drug-likeness (QED) is 0.781. The van der Waals surface area contributed by atoms with Crippen LogP contribution in [0.4, 0.5) is 0 Å². The maximum Gasteiger partial charge on any atom is 0.244 e. The van der Waals surface area contributed by atoms with Crippen LogP contribution in [-0.4, -0.2) is 72.7 Å². The number of morpholine rings is 1. The van der Waals surface area contributed by atoms with E-state index in [0.29, 0.717) is 31.2 Å². The largest absolute Gasteiger partial charge is 0.379 e. The molecule has 3 atom stereocenters. The van der Waals surface area contributed by atoms with Gasteiger partial charge in [0, 0.05) is 51.2 Å². The van der Waals surface area contributed by atoms with Gasteiger partial charge in [-0.3, -0.25) is 25.5 Å². The van der Waals surface area contributed by atoms with Gasteiger partial charge in [0.1, 0.15) is 6.04 Å². The Bertz CT molecular complexity index is 569. The predicted octanol–water partition coefficient (Wildman–Crippen LogP) is 0.804. The first-order valence-corrected chi connectivity index (χ1v) is 9.55. The molecule has 3 heterocycles. The third kappa shape index (κ3) is 4.40. The van der Waals surface area contributed by atoms with Gasteiger partial charge in [0.25, 0.3) is 0 Å². The summed E-state index contributed by atoms with van der Waals surface area (Å²) in [7, 11) is 1.91. The van der Waals surface area contributed by atoms with Crippen molar-refractivity contribution in [1.82, 2.24) is 25.6 Å². The molecule has 2 fully saturated rings. The zero-order valence-corrected chi connectivity index (χ0v) is 16.0. The van der Waals surface area contributed by atoms with Gasteiger partial charge in [-0.1, -0.05) is 6.07 Å². The van der Waals surface area contributed by atoms with E-state index in [2.05, 4.69) is 34.6 Å². The van der Waals surface area contributed by atoms with E-state index in [1.807, 2.05) is 24.1 Å². The number of hydrazine groups is 1. The maximum atomic E-state index is 13.3. The van der Waals surface area contributed by atoms with Gasteiger partial charge in [-0.2, -0.15) is 0 Å². The van der Waals surface area contributed by atoms with Crippen LogP contribution in [0.2, 0.25) is 0 Å². The third-order valence-electron chi connectivity index (χ3n) is 5.64. The number of likely N-dealkylation sites (N-methyl/N-ethyl adjacent to an activating group) is 1. The van der Waals surface area contributed by atoms with Crippen molar-refractivity contribution in [1.29, 1.82) is 0 Å². The summed E-state index contributed by atoms with van der Waals surface area (Å²) in [5, 5.41) is 0. The number of nitrogens with zero attached hydrogens (tertiary/aromatic N) is 3. The van der Waals surface area contributed by atoms with Gasteiger partial charge >= 0.3 is 0 Å². The van der Waals surface area contributed by atoms with Crippen molar-refractivity contribution in [2.24, 2.45) is 5.92 Å². The van der Waals surface area contributed by atoms with E-state index in [1.54, 1.807) is 12.4 Å². The van der Waals surface area contributed by atoms with Crippen molar-refractivity contribution in [3.05, 3.63) is 30.1 Å². The Morgan fingerprint density at radius 1 is 1.35 bits per heavy atom. The van der Waals surface area contributed by atoms with Crippen molar-refractivity contribution in [2.45, 2.75) is 38.4 Å². The number of carbonyl (C=O) groups is 1. The molecule has 0 saturated carbocycles. The molecule has 1 aromatic rings. The summed E-state index contributed by atoms with van der Waals surface area (Å²) >= 11 is 0. The molecule has 26 heavy (non-hydrogen) atoms. The Kier molecular flexibility index (Phi) is 6.58. The summed E-state index contributed by atoms with van der Waals surface area (Å²) in [4.78, 5) is 21.6. The zero-order chi connectivity index (χ0) is 18.5. The molecule has 3 unspecified atom stereocenters. The van der Waals surface area contributed by atoms with Crippen LogP contribution in [-0.2, 0) is 9.53 Å². The average Bonchev–Trinajstić information content (AvgIpc) is 2.99. The smallest absolute Gasteiger partial charge is 0.244 e. The molecule has 0 aromatic carbocycles. The van der Waals surface area contributed by atoms with E-state index in [-0.39, 0.29) is 11.9 Å². The second-order valence-corrected chi connectivity index (χ2v) is 7.42. The Hall–Kier alpha value is -1.54. The second kappa shape index (κ2) is 8.90. The molecule has 7 nitrogen and oxygen atoms in total. The average molecular weight is 361 g/mol. The number of nitrogens with one attached hydrogen (secondary N) is 2. The number of rotatable bonds is 6. The van der Waals surface area contributed by atoms with Gasteiger partial charge in [0.2, 0.25) is 5.91 Å². The van der Waals surface area contributed by atoms with E-state index in [4.69, 9.17) is 4.74 Å². The van der Waals surface area contributed by atoms with Crippen LogP contribution >= 0.6 is 0 Å². The number of aromatic nitrogens is 1. The van der Waals surface area contributed by atoms with Crippen molar-refractivity contribution in [2.75, 3.05) is 39.9 Å². The summed E-state index contributed by atoms with van der Waals surface area (Å²) in [6.45, 7) is 8.00. The van der Waals surface area contributed by atoms with Gasteiger partial charge in [0.15, 0.2) is 0 Å². The molecule has 0 radical (unpaired) electrons. The van der Waals surface area contributed by atoms with Crippen LogP contribution in [0.25, 0.3) is 0 Å². The van der Waals surface area contributed by atoms with E-state index in [1.165, 1.54) is 0 Å². The Morgan fingerprint density at radius 2 is 2.04 bits per heavy atom. The standard InChI is InChI=1S/C19H31N5O2/c1-14-17(15(2)22-21-14)6-8-23(3)19(25)18(16-5-4-7-20-13-16)24-9-11-26-12-10-24/h4-5,7,13-15,17-18,21-22H,6,8-12H2,1-3H3. The van der Waals surface area contributed by atoms with Crippen molar-refractivity contribution < 1.29 is 9.53 Å². The van der Waals surface area contributed by atoms with Gasteiger partial charge in [-0.25, -0.2) is 0 Å². The summed E-state index contributed by atoms with van der Waals surface area (Å²) < 4.78 is 5.47. The number of pyridine rings is 1. The lowest BCUT2D eigenvalue weighted by atomic mass is 9.93. The Labute approximate surface area is 156 Å². The zero-order valence-electron chi connectivity index (χ0n) is 16.0. The van der Waals surface area contributed by atoms with E-state index in [0.717, 1.165) is 31.6 Å². The molecule has 3 rings (SSSR count). The summed E-state index contributed by atoms with van der Waals surface area (Å²) in [6.07, 6.45) is 4.53. The number of hydrogen-bond donors (Lipinski definition) is 2. The second-order valence-electron chi connectivity index (χ2n) is 7.42. The fourth-order valence-electron chi connectivity index (χ4n) is 3.95. The van der Waals surface area contributed by atoms with Crippen LogP contribution in [0.5, 0.6) is 0 Å². The molecule has 0 spiro atoms. The fraction of sp³-hybridized carbons (Fsp3) is 0.684. The lowest BCUT2D eigenvalue weighted by molar-refractivity contribution is -0.138. The minimum Gasteiger partial charge on any atom is -0.379 e. The Balaban J connectivity index is 1.68. The first kappa shape index (κ1) is 19.2. The summed E-state index contributed by atoms with van der Waals surface area (Å²) in [5.41, 5.74) is 7.53. The molecule has 1 amide bonds. The van der Waals surface area contributed by atoms with E-state index >= 15 is 0 Å². The summed E-state index contributed by atoms with van der Waals surface area (Å²) in [6, 6.07) is 4.44. The highest BCUT2D eigenvalue weighted by Gasteiger charge is 2.33. The molecular formula is C19H31N5O2. The number of amides is 1. The molecule has 144 valence electrons. The molecule has 0 bridgehead atoms. The highest BCUT2D eigenvalue weighted by atomic mass is 16.5. The van der Waals surface area contributed by atoms with E-state index < -0.39 is 0 Å². The Morgan fingerprint density at radius 3 is 2.65 bits per heavy atom. The normalized spacial score (nSPS) is 28.0. The van der Waals surface area contributed by atoms with Crippen LogP contribution in [0.1, 0.15) is 31.9 Å². The summed E-state index contributed by atoms with van der Waals surface area (Å²) in [5.74, 6) is 0.657. The predicted molar refractivity (Wildman–Crippen MR) is 100 cm³/mol. The van der Waals surface area contributed by atoms with Crippen LogP contribution < -0.4 is 10.9 Å². The highest BCUT2D eigenvalue weighted by molar-refractivity contribution is 5.83. The highest BCUT2D eigenvalue weighted by Crippen LogP contribution is 2.25. The third-order valence-corrected chi connectivity index (χ3v) is 5.64. The molecular weight excluding hydrogens is 330 g/mol. The van der Waals surface area contributed by atoms with Gasteiger partial charge in [-0.05, 0) is 37.8 Å². The van der Waals surface area contributed by atoms with Gasteiger partial charge < -0.3 is 9.64 Å². The topological polar surface area (TPSA) is 69.7 Å². The fourth-order valence-corrected chi connectivity index (χ4v) is 3.95. The SMILES string of the molecule is CC1NNC(C)C1CCN(C)C(=O)C(c1cccnc1)N1CCOCC1. The minimum atomic E-state index is -0.285. The molecule has 2 aliphatic rings. The first-order chi connectivity index (χ1) is 12.6. The van der Waals surface area contributed by atoms with Crippen LogP contribution in [0.15, 0.2) is 24.5 Å². The van der Waals surface area contributed by atoms with Crippen LogP contribution in [0.3, 0.4) is 0 Å². The molecule has 2 saturated heterocycles. The molecule has 2 N–H and O–H groups in total. The maximum absolute atomic E-state index is 13.3. The van der Waals surface area contributed by atoms with Crippen molar-refractivity contribution in [3.63, 3.8) is 0 Å². The van der Waals surface area contributed by atoms with Gasteiger partial charge in [-0.15, -0.1) is 0 Å². The first-order valence-electron chi connectivity index (χ1n) is 9.55. The molecule has 1 aromatic heterocycles. The lowest BCUT2D eigenvalue weighted by Crippen LogP contribution is -2.46. The van der Waals surface area contributed by atoms with Crippen molar-refractivity contribution >= 4 is 5.91 Å². The molecule has 2 aliphatic heterocycles. The van der Waals surface area contributed by atoms with Gasteiger partial charge in [0.05, 0.1) is 13.2 Å². The monoisotopic (exact) mass is 361 g/mol.